The van der Waals surface area contributed by atoms with Crippen molar-refractivity contribution in [1.29, 1.82) is 0 Å². The average molecular weight is 251 g/mol. The number of nitrogens with one attached hydrogen (secondary N) is 1. The lowest BCUT2D eigenvalue weighted by Crippen LogP contribution is -2.24. The number of carbonyl (C=O) groups excluding carboxylic acids is 1. The number of benzene rings is 1. The summed E-state index contributed by atoms with van der Waals surface area (Å²) in [5.74, 6) is -0.371. The summed E-state index contributed by atoms with van der Waals surface area (Å²) < 4.78 is 0. The number of aryl methyl sites for hydroxylation is 1. The number of amides is 1. The summed E-state index contributed by atoms with van der Waals surface area (Å²) in [6, 6.07) is 5.05. The molecule has 0 saturated heterocycles. The summed E-state index contributed by atoms with van der Waals surface area (Å²) in [5, 5.41) is 13.9. The summed E-state index contributed by atoms with van der Waals surface area (Å²) in [7, 11) is 0. The van der Waals surface area contributed by atoms with Crippen LogP contribution in [0.2, 0.25) is 0 Å². The lowest BCUT2D eigenvalue weighted by Gasteiger charge is -2.13. The van der Waals surface area contributed by atoms with Gasteiger partial charge >= 0.3 is 0 Å². The third-order valence-electron chi connectivity index (χ3n) is 2.75. The van der Waals surface area contributed by atoms with Gasteiger partial charge in [0.25, 0.3) is 5.69 Å². The molecule has 98 valence electrons. The second-order valence-electron chi connectivity index (χ2n) is 4.20. The van der Waals surface area contributed by atoms with E-state index in [1.165, 1.54) is 0 Å². The predicted octanol–water partition coefficient (Wildman–Crippen LogP) is 1.43. The molecular weight excluding hydrogens is 234 g/mol. The highest BCUT2D eigenvalue weighted by molar-refractivity contribution is 5.73. The molecule has 0 aliphatic carbocycles. The van der Waals surface area contributed by atoms with Crippen LogP contribution in [0.25, 0.3) is 0 Å². The van der Waals surface area contributed by atoms with Gasteiger partial charge in [-0.05, 0) is 19.4 Å². The van der Waals surface area contributed by atoms with Gasteiger partial charge in [-0.15, -0.1) is 0 Å². The van der Waals surface area contributed by atoms with E-state index in [-0.39, 0.29) is 24.1 Å². The molecule has 6 heteroatoms. The highest BCUT2D eigenvalue weighted by atomic mass is 16.6. The Morgan fingerprint density at radius 2 is 2.22 bits per heavy atom. The molecule has 6 nitrogen and oxygen atoms in total. The van der Waals surface area contributed by atoms with Crippen molar-refractivity contribution in [3.05, 3.63) is 39.4 Å². The number of primary amides is 1. The number of nitro groups is 1. The van der Waals surface area contributed by atoms with Crippen molar-refractivity contribution in [1.82, 2.24) is 5.32 Å². The lowest BCUT2D eigenvalue weighted by molar-refractivity contribution is -0.385. The summed E-state index contributed by atoms with van der Waals surface area (Å²) in [4.78, 5) is 21.0. The molecule has 0 aliphatic rings. The van der Waals surface area contributed by atoms with Crippen molar-refractivity contribution >= 4 is 11.6 Å². The van der Waals surface area contributed by atoms with Crippen LogP contribution in [0.1, 0.15) is 30.5 Å². The van der Waals surface area contributed by atoms with Crippen LogP contribution in [0.4, 0.5) is 5.69 Å². The first-order valence-corrected chi connectivity index (χ1v) is 5.68. The minimum Gasteiger partial charge on any atom is -0.370 e. The first kappa shape index (κ1) is 14.1. The fraction of sp³-hybridized carbons (Fsp3) is 0.417. The van der Waals surface area contributed by atoms with E-state index in [0.717, 1.165) is 5.56 Å². The maximum Gasteiger partial charge on any atom is 0.272 e. The molecular formula is C12H17N3O3. The first-order chi connectivity index (χ1) is 8.41. The molecule has 0 aromatic heterocycles. The fourth-order valence-electron chi connectivity index (χ4n) is 1.62. The average Bonchev–Trinajstić information content (AvgIpc) is 2.28. The van der Waals surface area contributed by atoms with E-state index in [9.17, 15) is 14.9 Å². The van der Waals surface area contributed by atoms with Crippen LogP contribution < -0.4 is 11.1 Å². The molecule has 1 aromatic rings. The Morgan fingerprint density at radius 3 is 2.78 bits per heavy atom. The van der Waals surface area contributed by atoms with Gasteiger partial charge in [-0.2, -0.15) is 0 Å². The van der Waals surface area contributed by atoms with Crippen LogP contribution in [0.5, 0.6) is 0 Å². The predicted molar refractivity (Wildman–Crippen MR) is 68.1 cm³/mol. The Labute approximate surface area is 105 Å². The van der Waals surface area contributed by atoms with Crippen LogP contribution in [0, 0.1) is 17.0 Å². The monoisotopic (exact) mass is 251 g/mol. The molecule has 3 N–H and O–H groups in total. The minimum atomic E-state index is -0.394. The zero-order valence-corrected chi connectivity index (χ0v) is 10.5. The van der Waals surface area contributed by atoms with Crippen LogP contribution in [-0.4, -0.2) is 17.4 Å². The number of hydrogen-bond acceptors (Lipinski definition) is 4. The Kier molecular flexibility index (Phi) is 4.79. The quantitative estimate of drug-likeness (QED) is 0.590. The number of nitrogens with zero attached hydrogens (tertiary/aromatic N) is 1. The molecule has 1 atom stereocenters. The van der Waals surface area contributed by atoms with E-state index < -0.39 is 4.92 Å². The van der Waals surface area contributed by atoms with Crippen molar-refractivity contribution in [3.8, 4) is 0 Å². The summed E-state index contributed by atoms with van der Waals surface area (Å²) >= 11 is 0. The standard InChI is InChI=1S/C12H17N3O3/c1-8-3-4-10(7-11(8)15(17)18)9(2)14-6-5-12(13)16/h3-4,7,9,14H,5-6H2,1-2H3,(H2,13,16). The number of nitrogens with two attached hydrogens (primary N) is 1. The van der Waals surface area contributed by atoms with Crippen LogP contribution in [0.15, 0.2) is 18.2 Å². The van der Waals surface area contributed by atoms with Crippen molar-refractivity contribution in [3.63, 3.8) is 0 Å². The van der Waals surface area contributed by atoms with Crippen LogP contribution in [0.3, 0.4) is 0 Å². The third kappa shape index (κ3) is 3.81. The highest BCUT2D eigenvalue weighted by Gasteiger charge is 2.14. The lowest BCUT2D eigenvalue weighted by atomic mass is 10.0. The molecule has 0 saturated carbocycles. The number of rotatable bonds is 6. The van der Waals surface area contributed by atoms with E-state index in [2.05, 4.69) is 5.32 Å². The van der Waals surface area contributed by atoms with Gasteiger partial charge < -0.3 is 11.1 Å². The van der Waals surface area contributed by atoms with Crippen molar-refractivity contribution < 1.29 is 9.72 Å². The molecule has 0 heterocycles. The Morgan fingerprint density at radius 1 is 1.56 bits per heavy atom. The van der Waals surface area contributed by atoms with Gasteiger partial charge in [0.2, 0.25) is 5.91 Å². The minimum absolute atomic E-state index is 0.0661. The van der Waals surface area contributed by atoms with Gasteiger partial charge in [0.1, 0.15) is 0 Å². The van der Waals surface area contributed by atoms with Gasteiger partial charge in [0.05, 0.1) is 4.92 Å². The van der Waals surface area contributed by atoms with Crippen LogP contribution >= 0.6 is 0 Å². The van der Waals surface area contributed by atoms with Gasteiger partial charge in [0.15, 0.2) is 0 Å². The molecule has 1 unspecified atom stereocenters. The largest absolute Gasteiger partial charge is 0.370 e. The van der Waals surface area contributed by atoms with Gasteiger partial charge in [-0.1, -0.05) is 12.1 Å². The molecule has 1 rings (SSSR count). The molecule has 0 radical (unpaired) electrons. The molecule has 1 amide bonds. The van der Waals surface area contributed by atoms with E-state index >= 15 is 0 Å². The summed E-state index contributed by atoms with van der Waals surface area (Å²) in [6.07, 6.45) is 0.248. The molecule has 0 spiro atoms. The summed E-state index contributed by atoms with van der Waals surface area (Å²) in [6.45, 7) is 4.04. The Bertz CT molecular complexity index is 460. The molecule has 18 heavy (non-hydrogen) atoms. The normalized spacial score (nSPS) is 12.1. The number of nitro benzene ring substituents is 1. The molecule has 0 fully saturated rings. The zero-order chi connectivity index (χ0) is 13.7. The highest BCUT2D eigenvalue weighted by Crippen LogP contribution is 2.22. The SMILES string of the molecule is Cc1ccc(C(C)NCCC(N)=O)cc1[N+](=O)[O-]. The molecule has 1 aromatic carbocycles. The fourth-order valence-corrected chi connectivity index (χ4v) is 1.62. The van der Waals surface area contributed by atoms with Crippen molar-refractivity contribution in [2.45, 2.75) is 26.3 Å². The first-order valence-electron chi connectivity index (χ1n) is 5.68. The third-order valence-corrected chi connectivity index (χ3v) is 2.75. The topological polar surface area (TPSA) is 98.3 Å². The molecule has 0 aliphatic heterocycles. The van der Waals surface area contributed by atoms with Gasteiger partial charge in [-0.25, -0.2) is 0 Å². The Hall–Kier alpha value is -1.95. The van der Waals surface area contributed by atoms with Crippen molar-refractivity contribution in [2.24, 2.45) is 5.73 Å². The van der Waals surface area contributed by atoms with Crippen LogP contribution in [-0.2, 0) is 4.79 Å². The van der Waals surface area contributed by atoms with Gasteiger partial charge in [-0.3, -0.25) is 14.9 Å². The Balaban J connectivity index is 2.74. The smallest absolute Gasteiger partial charge is 0.272 e. The second-order valence-corrected chi connectivity index (χ2v) is 4.20. The van der Waals surface area contributed by atoms with E-state index in [4.69, 9.17) is 5.73 Å². The van der Waals surface area contributed by atoms with Gasteiger partial charge in [0, 0.05) is 30.6 Å². The van der Waals surface area contributed by atoms with E-state index in [1.54, 1.807) is 19.1 Å². The number of hydrogen-bond donors (Lipinski definition) is 2. The van der Waals surface area contributed by atoms with E-state index in [1.807, 2.05) is 13.0 Å². The maximum atomic E-state index is 10.8. The zero-order valence-electron chi connectivity index (χ0n) is 10.5. The number of carbonyl (C=O) groups is 1. The van der Waals surface area contributed by atoms with Crippen molar-refractivity contribution in [2.75, 3.05) is 6.54 Å². The van der Waals surface area contributed by atoms with E-state index in [0.29, 0.717) is 12.1 Å². The second kappa shape index (κ2) is 6.11. The maximum absolute atomic E-state index is 10.8. The summed E-state index contributed by atoms with van der Waals surface area (Å²) in [5.41, 5.74) is 6.59. The molecule has 0 bridgehead atoms.